The maximum atomic E-state index is 10.8. The molecule has 0 spiro atoms. The lowest BCUT2D eigenvalue weighted by Crippen LogP contribution is -1.84. The minimum Gasteiger partial charge on any atom is -0.298 e. The Bertz CT molecular complexity index is 462. The van der Waals surface area contributed by atoms with E-state index in [2.05, 4.69) is 15.9 Å². The fourth-order valence-corrected chi connectivity index (χ4v) is 2.93. The molecular weight excluding hydrogens is 260 g/mol. The fraction of sp³-hybridized carbons (Fsp3) is 0. The van der Waals surface area contributed by atoms with E-state index in [1.54, 1.807) is 11.3 Å². The van der Waals surface area contributed by atoms with E-state index in [9.17, 15) is 4.79 Å². The van der Waals surface area contributed by atoms with E-state index < -0.39 is 0 Å². The topological polar surface area (TPSA) is 17.1 Å². The Balaban J connectivity index is 2.62. The first-order valence-electron chi connectivity index (χ1n) is 4.10. The van der Waals surface area contributed by atoms with E-state index in [0.29, 0.717) is 0 Å². The van der Waals surface area contributed by atoms with E-state index in [4.69, 9.17) is 0 Å². The number of halogens is 1. The molecule has 0 saturated carbocycles. The molecule has 0 aliphatic heterocycles. The summed E-state index contributed by atoms with van der Waals surface area (Å²) in [6.45, 7) is 0. The van der Waals surface area contributed by atoms with E-state index in [1.807, 2.05) is 35.7 Å². The third kappa shape index (κ3) is 1.65. The van der Waals surface area contributed by atoms with Crippen molar-refractivity contribution >= 4 is 33.6 Å². The van der Waals surface area contributed by atoms with Crippen molar-refractivity contribution in [2.75, 3.05) is 0 Å². The molecule has 0 radical (unpaired) electrons. The third-order valence-electron chi connectivity index (χ3n) is 1.95. The SMILES string of the molecule is O=Cc1ccccc1-c1sccc1Br. The minimum atomic E-state index is 0.732. The average Bonchev–Trinajstić information content (AvgIpc) is 2.64. The molecule has 0 fully saturated rings. The summed E-state index contributed by atoms with van der Waals surface area (Å²) in [5, 5.41) is 2.00. The Morgan fingerprint density at radius 3 is 2.64 bits per heavy atom. The molecule has 0 bridgehead atoms. The quantitative estimate of drug-likeness (QED) is 0.752. The van der Waals surface area contributed by atoms with Gasteiger partial charge in [-0.3, -0.25) is 4.79 Å². The second-order valence-corrected chi connectivity index (χ2v) is 4.57. The smallest absolute Gasteiger partial charge is 0.150 e. The Morgan fingerprint density at radius 1 is 1.21 bits per heavy atom. The van der Waals surface area contributed by atoms with Crippen LogP contribution in [0, 0.1) is 0 Å². The maximum absolute atomic E-state index is 10.8. The van der Waals surface area contributed by atoms with E-state index in [0.717, 1.165) is 26.8 Å². The van der Waals surface area contributed by atoms with Crippen molar-refractivity contribution in [3.8, 4) is 10.4 Å². The normalized spacial score (nSPS) is 10.1. The number of benzene rings is 1. The van der Waals surface area contributed by atoms with Gasteiger partial charge in [-0.15, -0.1) is 11.3 Å². The van der Waals surface area contributed by atoms with Crippen LogP contribution in [0.2, 0.25) is 0 Å². The summed E-state index contributed by atoms with van der Waals surface area (Å²) in [4.78, 5) is 11.9. The Labute approximate surface area is 94.5 Å². The van der Waals surface area contributed by atoms with E-state index in [-0.39, 0.29) is 0 Å². The van der Waals surface area contributed by atoms with Crippen molar-refractivity contribution in [1.29, 1.82) is 0 Å². The van der Waals surface area contributed by atoms with Crippen LogP contribution in [0.5, 0.6) is 0 Å². The molecule has 0 unspecified atom stereocenters. The van der Waals surface area contributed by atoms with Crippen LogP contribution in [-0.4, -0.2) is 6.29 Å². The predicted octanol–water partition coefficient (Wildman–Crippen LogP) is 3.99. The molecular formula is C11H7BrOS. The molecule has 14 heavy (non-hydrogen) atoms. The molecule has 0 aliphatic rings. The number of hydrogen-bond donors (Lipinski definition) is 0. The largest absolute Gasteiger partial charge is 0.298 e. The lowest BCUT2D eigenvalue weighted by Gasteiger charge is -2.01. The molecule has 0 saturated heterocycles. The maximum Gasteiger partial charge on any atom is 0.150 e. The molecule has 0 N–H and O–H groups in total. The highest BCUT2D eigenvalue weighted by Gasteiger charge is 2.07. The average molecular weight is 267 g/mol. The van der Waals surface area contributed by atoms with Crippen molar-refractivity contribution in [3.05, 3.63) is 45.7 Å². The van der Waals surface area contributed by atoms with Crippen LogP contribution in [0.25, 0.3) is 10.4 Å². The zero-order chi connectivity index (χ0) is 9.97. The van der Waals surface area contributed by atoms with Gasteiger partial charge < -0.3 is 0 Å². The third-order valence-corrected chi connectivity index (χ3v) is 3.82. The van der Waals surface area contributed by atoms with Crippen LogP contribution in [0.1, 0.15) is 10.4 Å². The van der Waals surface area contributed by atoms with Gasteiger partial charge in [0.1, 0.15) is 0 Å². The van der Waals surface area contributed by atoms with Crippen LogP contribution in [-0.2, 0) is 0 Å². The highest BCUT2D eigenvalue weighted by Crippen LogP contribution is 2.34. The minimum absolute atomic E-state index is 0.732. The summed E-state index contributed by atoms with van der Waals surface area (Å²) in [5.74, 6) is 0. The highest BCUT2D eigenvalue weighted by molar-refractivity contribution is 9.10. The van der Waals surface area contributed by atoms with Crippen LogP contribution in [0.3, 0.4) is 0 Å². The molecule has 1 aromatic heterocycles. The summed E-state index contributed by atoms with van der Waals surface area (Å²) in [6, 6.07) is 9.58. The molecule has 0 atom stereocenters. The monoisotopic (exact) mass is 266 g/mol. The van der Waals surface area contributed by atoms with Crippen LogP contribution < -0.4 is 0 Å². The summed E-state index contributed by atoms with van der Waals surface area (Å²) in [7, 11) is 0. The van der Waals surface area contributed by atoms with Crippen molar-refractivity contribution in [1.82, 2.24) is 0 Å². The van der Waals surface area contributed by atoms with Crippen LogP contribution >= 0.6 is 27.3 Å². The summed E-state index contributed by atoms with van der Waals surface area (Å²) in [5.41, 5.74) is 1.72. The highest BCUT2D eigenvalue weighted by atomic mass is 79.9. The molecule has 2 aromatic rings. The van der Waals surface area contributed by atoms with Gasteiger partial charge in [-0.2, -0.15) is 0 Å². The molecule has 0 aliphatic carbocycles. The molecule has 3 heteroatoms. The van der Waals surface area contributed by atoms with Crippen LogP contribution in [0.4, 0.5) is 0 Å². The zero-order valence-electron chi connectivity index (χ0n) is 7.24. The van der Waals surface area contributed by atoms with Crippen molar-refractivity contribution in [3.63, 3.8) is 0 Å². The Hall–Kier alpha value is -0.930. The van der Waals surface area contributed by atoms with Gasteiger partial charge in [0.05, 0.1) is 0 Å². The van der Waals surface area contributed by atoms with E-state index in [1.165, 1.54) is 0 Å². The zero-order valence-corrected chi connectivity index (χ0v) is 9.64. The standard InChI is InChI=1S/C11H7BrOS/c12-10-5-6-14-11(10)9-4-2-1-3-8(9)7-13/h1-7H. The molecule has 0 amide bonds. The van der Waals surface area contributed by atoms with Crippen molar-refractivity contribution < 1.29 is 4.79 Å². The number of aldehydes is 1. The lowest BCUT2D eigenvalue weighted by molar-refractivity contribution is 0.112. The summed E-state index contributed by atoms with van der Waals surface area (Å²) in [6.07, 6.45) is 0.890. The van der Waals surface area contributed by atoms with E-state index >= 15 is 0 Å². The molecule has 70 valence electrons. The fourth-order valence-electron chi connectivity index (χ4n) is 1.29. The van der Waals surface area contributed by atoms with Gasteiger partial charge in [0, 0.05) is 20.5 Å². The van der Waals surface area contributed by atoms with Gasteiger partial charge in [0.15, 0.2) is 6.29 Å². The predicted molar refractivity (Wildman–Crippen MR) is 62.8 cm³/mol. The number of hydrogen-bond acceptors (Lipinski definition) is 2. The summed E-state index contributed by atoms with van der Waals surface area (Å²) < 4.78 is 1.04. The van der Waals surface area contributed by atoms with Gasteiger partial charge in [-0.25, -0.2) is 0 Å². The first kappa shape index (κ1) is 9.62. The number of thiophene rings is 1. The second-order valence-electron chi connectivity index (χ2n) is 2.80. The summed E-state index contributed by atoms with van der Waals surface area (Å²) >= 11 is 5.09. The number of carbonyl (C=O) groups excluding carboxylic acids is 1. The number of carbonyl (C=O) groups is 1. The molecule has 1 nitrogen and oxygen atoms in total. The first-order valence-corrected chi connectivity index (χ1v) is 5.78. The number of rotatable bonds is 2. The van der Waals surface area contributed by atoms with Gasteiger partial charge in [-0.05, 0) is 27.4 Å². The first-order chi connectivity index (χ1) is 6.83. The Kier molecular flexibility index (Phi) is 2.79. The second kappa shape index (κ2) is 4.07. The van der Waals surface area contributed by atoms with Gasteiger partial charge in [0.2, 0.25) is 0 Å². The van der Waals surface area contributed by atoms with Gasteiger partial charge >= 0.3 is 0 Å². The molecule has 2 rings (SSSR count). The molecule has 1 aromatic carbocycles. The van der Waals surface area contributed by atoms with Gasteiger partial charge in [-0.1, -0.05) is 24.3 Å². The van der Waals surface area contributed by atoms with Crippen molar-refractivity contribution in [2.45, 2.75) is 0 Å². The van der Waals surface area contributed by atoms with Crippen molar-refractivity contribution in [2.24, 2.45) is 0 Å². The lowest BCUT2D eigenvalue weighted by atomic mass is 10.1. The molecule has 1 heterocycles. The van der Waals surface area contributed by atoms with Crippen LogP contribution in [0.15, 0.2) is 40.2 Å². The van der Waals surface area contributed by atoms with Gasteiger partial charge in [0.25, 0.3) is 0 Å². The Morgan fingerprint density at radius 2 is 2.00 bits per heavy atom.